The summed E-state index contributed by atoms with van der Waals surface area (Å²) in [6, 6.07) is 16.2. The van der Waals surface area contributed by atoms with Gasteiger partial charge in [-0.2, -0.15) is 0 Å². The van der Waals surface area contributed by atoms with E-state index < -0.39 is 28.9 Å². The lowest BCUT2D eigenvalue weighted by Crippen LogP contribution is -2.56. The zero-order valence-corrected chi connectivity index (χ0v) is 19.4. The molecule has 1 aliphatic heterocycles. The number of carbonyl (C=O) groups is 3. The van der Waals surface area contributed by atoms with Crippen LogP contribution in [0.4, 0.5) is 4.79 Å². The molecule has 4 rings (SSSR count). The molecule has 0 aromatic heterocycles. The Hall–Kier alpha value is -3.39. The lowest BCUT2D eigenvalue weighted by Gasteiger charge is -2.28. The number of hydrogen-bond donors (Lipinski definition) is 3. The molecule has 1 atom stereocenters. The smallest absolute Gasteiger partial charge is 0.407 e. The van der Waals surface area contributed by atoms with Gasteiger partial charge in [-0.15, -0.1) is 0 Å². The van der Waals surface area contributed by atoms with Crippen LogP contribution in [0.1, 0.15) is 43.7 Å². The third-order valence-electron chi connectivity index (χ3n) is 6.50. The maximum absolute atomic E-state index is 12.5. The molecule has 0 bridgehead atoms. The van der Waals surface area contributed by atoms with Crippen molar-refractivity contribution in [2.75, 3.05) is 26.4 Å². The highest BCUT2D eigenvalue weighted by atomic mass is 16.5. The van der Waals surface area contributed by atoms with Crippen LogP contribution < -0.4 is 10.6 Å². The number of rotatable bonds is 8. The lowest BCUT2D eigenvalue weighted by atomic mass is 9.88. The van der Waals surface area contributed by atoms with E-state index in [2.05, 4.69) is 34.9 Å². The van der Waals surface area contributed by atoms with E-state index in [1.54, 1.807) is 0 Å². The van der Waals surface area contributed by atoms with Crippen LogP contribution in [0, 0.1) is 5.41 Å². The van der Waals surface area contributed by atoms with Crippen molar-refractivity contribution >= 4 is 18.0 Å². The van der Waals surface area contributed by atoms with Crippen molar-refractivity contribution < 1.29 is 29.0 Å². The van der Waals surface area contributed by atoms with Gasteiger partial charge < -0.3 is 25.2 Å². The fourth-order valence-electron chi connectivity index (χ4n) is 4.65. The monoisotopic (exact) mass is 466 g/mol. The summed E-state index contributed by atoms with van der Waals surface area (Å²) in [5, 5.41) is 14.8. The van der Waals surface area contributed by atoms with E-state index in [4.69, 9.17) is 9.47 Å². The van der Waals surface area contributed by atoms with E-state index in [-0.39, 0.29) is 38.5 Å². The zero-order valence-electron chi connectivity index (χ0n) is 19.4. The third-order valence-corrected chi connectivity index (χ3v) is 6.50. The van der Waals surface area contributed by atoms with Crippen molar-refractivity contribution in [3.63, 3.8) is 0 Å². The summed E-state index contributed by atoms with van der Waals surface area (Å²) in [6.45, 7) is 4.31. The summed E-state index contributed by atoms with van der Waals surface area (Å²) < 4.78 is 10.7. The molecule has 0 saturated carbocycles. The number of aliphatic carboxylic acids is 1. The summed E-state index contributed by atoms with van der Waals surface area (Å²) in [7, 11) is 0. The van der Waals surface area contributed by atoms with Crippen LogP contribution in [0.2, 0.25) is 0 Å². The van der Waals surface area contributed by atoms with Crippen molar-refractivity contribution in [2.45, 2.75) is 38.1 Å². The Kier molecular flexibility index (Phi) is 6.61. The fourth-order valence-corrected chi connectivity index (χ4v) is 4.65. The van der Waals surface area contributed by atoms with Crippen LogP contribution in [0.3, 0.4) is 0 Å². The molecule has 0 spiro atoms. The van der Waals surface area contributed by atoms with Crippen molar-refractivity contribution in [3.8, 4) is 11.1 Å². The summed E-state index contributed by atoms with van der Waals surface area (Å²) in [4.78, 5) is 36.6. The van der Waals surface area contributed by atoms with E-state index in [1.807, 2.05) is 38.1 Å². The van der Waals surface area contributed by atoms with E-state index in [1.165, 1.54) is 0 Å². The standard InChI is InChI=1S/C26H30N2O6/c1-25(2,13-22(29)28-26(23(30)31)11-12-33-16-26)15-27-24(32)34-14-21-19-9-5-3-7-17(19)18-8-4-6-10-20(18)21/h3-10,21H,11-16H2,1-2H3,(H,27,32)(H,28,29)(H,30,31). The first-order valence-corrected chi connectivity index (χ1v) is 11.4. The molecule has 180 valence electrons. The fraction of sp³-hybridized carbons (Fsp3) is 0.423. The maximum Gasteiger partial charge on any atom is 0.407 e. The number of fused-ring (bicyclic) bond motifs is 3. The Balaban J connectivity index is 1.29. The number of ether oxygens (including phenoxy) is 2. The molecular formula is C26H30N2O6. The number of carboxylic acid groups (broad SMARTS) is 1. The minimum absolute atomic E-state index is 0.0298. The molecule has 8 nitrogen and oxygen atoms in total. The molecule has 2 amide bonds. The second kappa shape index (κ2) is 9.46. The molecular weight excluding hydrogens is 436 g/mol. The van der Waals surface area contributed by atoms with Crippen LogP contribution in [0.25, 0.3) is 11.1 Å². The highest BCUT2D eigenvalue weighted by Crippen LogP contribution is 2.44. The summed E-state index contributed by atoms with van der Waals surface area (Å²) in [5.41, 5.74) is 2.60. The summed E-state index contributed by atoms with van der Waals surface area (Å²) >= 11 is 0. The molecule has 1 saturated heterocycles. The molecule has 2 aromatic rings. The summed E-state index contributed by atoms with van der Waals surface area (Å²) in [5.74, 6) is -1.53. The van der Waals surface area contributed by atoms with Gasteiger partial charge in [-0.1, -0.05) is 62.4 Å². The van der Waals surface area contributed by atoms with Crippen molar-refractivity contribution in [3.05, 3.63) is 59.7 Å². The van der Waals surface area contributed by atoms with Crippen molar-refractivity contribution in [1.82, 2.24) is 10.6 Å². The minimum Gasteiger partial charge on any atom is -0.479 e. The lowest BCUT2D eigenvalue weighted by molar-refractivity contribution is -0.148. The van der Waals surface area contributed by atoms with Crippen LogP contribution in [-0.2, 0) is 19.1 Å². The third kappa shape index (κ3) is 4.92. The summed E-state index contributed by atoms with van der Waals surface area (Å²) in [6.07, 6.45) is -0.278. The van der Waals surface area contributed by atoms with E-state index in [0.717, 1.165) is 22.3 Å². The van der Waals surface area contributed by atoms with E-state index >= 15 is 0 Å². The van der Waals surface area contributed by atoms with Crippen molar-refractivity contribution in [1.29, 1.82) is 0 Å². The minimum atomic E-state index is -1.38. The van der Waals surface area contributed by atoms with Gasteiger partial charge in [-0.25, -0.2) is 9.59 Å². The van der Waals surface area contributed by atoms with Gasteiger partial charge in [-0.3, -0.25) is 4.79 Å². The number of hydrogen-bond acceptors (Lipinski definition) is 5. The van der Waals surface area contributed by atoms with Gasteiger partial charge >= 0.3 is 12.1 Å². The normalized spacial score (nSPS) is 19.2. The van der Waals surface area contributed by atoms with Gasteiger partial charge in [0.2, 0.25) is 5.91 Å². The Morgan fingerprint density at radius 3 is 2.26 bits per heavy atom. The second-order valence-corrected chi connectivity index (χ2v) is 9.76. The molecule has 2 aliphatic rings. The van der Waals surface area contributed by atoms with Gasteiger partial charge in [0.05, 0.1) is 6.61 Å². The predicted octanol–water partition coefficient (Wildman–Crippen LogP) is 3.30. The highest BCUT2D eigenvalue weighted by Gasteiger charge is 2.44. The highest BCUT2D eigenvalue weighted by molar-refractivity contribution is 5.87. The van der Waals surface area contributed by atoms with Gasteiger partial charge in [0.15, 0.2) is 5.54 Å². The Labute approximate surface area is 198 Å². The van der Waals surface area contributed by atoms with Crippen LogP contribution in [0.15, 0.2) is 48.5 Å². The van der Waals surface area contributed by atoms with Crippen molar-refractivity contribution in [2.24, 2.45) is 5.41 Å². The number of alkyl carbamates (subject to hydrolysis) is 1. The predicted molar refractivity (Wildman–Crippen MR) is 125 cm³/mol. The van der Waals surface area contributed by atoms with E-state index in [0.29, 0.717) is 6.61 Å². The van der Waals surface area contributed by atoms with Crippen LogP contribution in [0.5, 0.6) is 0 Å². The number of benzene rings is 2. The first kappa shape index (κ1) is 23.8. The molecule has 3 N–H and O–H groups in total. The topological polar surface area (TPSA) is 114 Å². The maximum atomic E-state index is 12.5. The van der Waals surface area contributed by atoms with Crippen LogP contribution in [-0.4, -0.2) is 55.0 Å². The molecule has 2 aromatic carbocycles. The Morgan fingerprint density at radius 1 is 1.09 bits per heavy atom. The Morgan fingerprint density at radius 2 is 1.71 bits per heavy atom. The number of nitrogens with one attached hydrogen (secondary N) is 2. The first-order valence-electron chi connectivity index (χ1n) is 11.4. The zero-order chi connectivity index (χ0) is 24.3. The quantitative estimate of drug-likeness (QED) is 0.550. The molecule has 1 unspecified atom stereocenters. The molecule has 1 aliphatic carbocycles. The first-order chi connectivity index (χ1) is 16.2. The molecule has 1 fully saturated rings. The number of carbonyl (C=O) groups excluding carboxylic acids is 2. The van der Waals surface area contributed by atoms with Gasteiger partial charge in [-0.05, 0) is 27.7 Å². The number of carboxylic acids is 1. The van der Waals surface area contributed by atoms with E-state index in [9.17, 15) is 19.5 Å². The molecule has 0 radical (unpaired) electrons. The number of amides is 2. The average Bonchev–Trinajstić information content (AvgIpc) is 3.40. The van der Waals surface area contributed by atoms with Gasteiger partial charge in [0.25, 0.3) is 0 Å². The van der Waals surface area contributed by atoms with Gasteiger partial charge in [0.1, 0.15) is 6.61 Å². The van der Waals surface area contributed by atoms with Crippen LogP contribution >= 0.6 is 0 Å². The average molecular weight is 467 g/mol. The molecule has 34 heavy (non-hydrogen) atoms. The molecule has 8 heteroatoms. The largest absolute Gasteiger partial charge is 0.479 e. The second-order valence-electron chi connectivity index (χ2n) is 9.76. The Bertz CT molecular complexity index is 1040. The molecule has 1 heterocycles. The van der Waals surface area contributed by atoms with Gasteiger partial charge in [0, 0.05) is 31.9 Å². The SMILES string of the molecule is CC(C)(CNC(=O)OCC1c2ccccc2-c2ccccc21)CC(=O)NC1(C(=O)O)CCOC1.